The summed E-state index contributed by atoms with van der Waals surface area (Å²) in [5, 5.41) is 9.00. The Hall–Kier alpha value is -3.63. The quantitative estimate of drug-likeness (QED) is 0.628. The normalized spacial score (nSPS) is 14.9. The minimum atomic E-state index is -4.06. The van der Waals surface area contributed by atoms with Gasteiger partial charge in [-0.2, -0.15) is 9.57 Å². The fourth-order valence-corrected chi connectivity index (χ4v) is 5.23. The molecule has 0 atom stereocenters. The third-order valence-corrected chi connectivity index (χ3v) is 6.69. The molecule has 6 nitrogen and oxygen atoms in total. The number of aryl methyl sites for hydroxylation is 2. The zero-order valence-electron chi connectivity index (χ0n) is 16.5. The van der Waals surface area contributed by atoms with E-state index in [1.54, 1.807) is 54.6 Å². The monoisotopic (exact) mass is 417 g/mol. The molecule has 3 aromatic rings. The molecule has 0 radical (unpaired) electrons. The summed E-state index contributed by atoms with van der Waals surface area (Å²) in [6, 6.07) is 20.1. The zero-order chi connectivity index (χ0) is 21.5. The van der Waals surface area contributed by atoms with E-state index in [1.807, 2.05) is 19.9 Å². The lowest BCUT2D eigenvalue weighted by Crippen LogP contribution is -2.50. The molecular weight excluding hydrogens is 398 g/mol. The molecule has 2 amide bonds. The van der Waals surface area contributed by atoms with Crippen molar-refractivity contribution in [2.24, 2.45) is 0 Å². The van der Waals surface area contributed by atoms with Gasteiger partial charge in [0.15, 0.2) is 0 Å². The lowest BCUT2D eigenvalue weighted by molar-refractivity contribution is 0.253. The number of para-hydroxylation sites is 1. The molecule has 0 bridgehead atoms. The highest BCUT2D eigenvalue weighted by Crippen LogP contribution is 2.38. The molecule has 0 aliphatic carbocycles. The predicted octanol–water partition coefficient (Wildman–Crippen LogP) is 4.51. The van der Waals surface area contributed by atoms with Crippen molar-refractivity contribution in [3.8, 4) is 6.07 Å². The van der Waals surface area contributed by atoms with Gasteiger partial charge in [-0.05, 0) is 66.9 Å². The number of sulfonamides is 1. The van der Waals surface area contributed by atoms with Gasteiger partial charge in [-0.3, -0.25) is 4.90 Å². The van der Waals surface area contributed by atoms with E-state index in [2.05, 4.69) is 6.07 Å². The molecule has 0 saturated carbocycles. The molecule has 0 aromatic heterocycles. The van der Waals surface area contributed by atoms with Crippen LogP contribution >= 0.6 is 0 Å². The third kappa shape index (κ3) is 3.31. The number of carbonyl (C=O) groups is 1. The van der Waals surface area contributed by atoms with Gasteiger partial charge in [0.05, 0.1) is 29.6 Å². The average Bonchev–Trinajstić information content (AvgIpc) is 2.71. The van der Waals surface area contributed by atoms with Gasteiger partial charge in [-0.15, -0.1) is 0 Å². The maximum Gasteiger partial charge on any atom is 0.343 e. The van der Waals surface area contributed by atoms with Gasteiger partial charge in [0, 0.05) is 0 Å². The first-order valence-electron chi connectivity index (χ1n) is 9.34. The van der Waals surface area contributed by atoms with E-state index in [0.717, 1.165) is 21.0 Å². The van der Waals surface area contributed by atoms with Crippen molar-refractivity contribution < 1.29 is 13.2 Å². The number of benzene rings is 3. The first kappa shape index (κ1) is 19.7. The number of anilines is 2. The molecule has 1 heterocycles. The number of nitriles is 1. The number of carbonyl (C=O) groups excluding carboxylic acids is 1. The Morgan fingerprint density at radius 3 is 2.20 bits per heavy atom. The smallest absolute Gasteiger partial charge is 0.287 e. The van der Waals surface area contributed by atoms with Crippen molar-refractivity contribution in [3.05, 3.63) is 89.0 Å². The molecule has 0 N–H and O–H groups in total. The number of nitrogens with zero attached hydrogens (tertiary/aromatic N) is 3. The van der Waals surface area contributed by atoms with E-state index in [0.29, 0.717) is 16.9 Å². The maximum absolute atomic E-state index is 13.5. The summed E-state index contributed by atoms with van der Waals surface area (Å²) in [6.45, 7) is 3.90. The molecule has 7 heteroatoms. The lowest BCUT2D eigenvalue weighted by atomic mass is 10.1. The molecule has 1 aliphatic rings. The van der Waals surface area contributed by atoms with E-state index < -0.39 is 16.1 Å². The van der Waals surface area contributed by atoms with Crippen molar-refractivity contribution in [1.82, 2.24) is 0 Å². The second kappa shape index (κ2) is 7.32. The zero-order valence-corrected chi connectivity index (χ0v) is 17.3. The second-order valence-electron chi connectivity index (χ2n) is 7.26. The number of amides is 2. The van der Waals surface area contributed by atoms with Crippen molar-refractivity contribution >= 4 is 27.4 Å². The van der Waals surface area contributed by atoms with Crippen LogP contribution < -0.4 is 9.21 Å². The fraction of sp³-hybridized carbons (Fsp3) is 0.130. The molecule has 1 aliphatic heterocycles. The molecule has 3 aromatic carbocycles. The summed E-state index contributed by atoms with van der Waals surface area (Å²) in [5.74, 6) is 0. The number of hydrogen-bond acceptors (Lipinski definition) is 4. The Bertz CT molecular complexity index is 1270. The summed E-state index contributed by atoms with van der Waals surface area (Å²) >= 11 is 0. The Kier molecular flexibility index (Phi) is 4.80. The number of urea groups is 1. The highest BCUT2D eigenvalue weighted by molar-refractivity contribution is 7.94. The molecule has 30 heavy (non-hydrogen) atoms. The van der Waals surface area contributed by atoms with Gasteiger partial charge in [-0.25, -0.2) is 13.2 Å². The Morgan fingerprint density at radius 1 is 0.933 bits per heavy atom. The van der Waals surface area contributed by atoms with Crippen molar-refractivity contribution in [1.29, 1.82) is 5.26 Å². The van der Waals surface area contributed by atoms with Gasteiger partial charge in [-0.1, -0.05) is 30.3 Å². The van der Waals surface area contributed by atoms with Crippen LogP contribution in [0.25, 0.3) is 0 Å². The van der Waals surface area contributed by atoms with Crippen LogP contribution in [0, 0.1) is 25.2 Å². The summed E-state index contributed by atoms with van der Waals surface area (Å²) in [5.41, 5.74) is 3.70. The van der Waals surface area contributed by atoms with Crippen LogP contribution in [0.3, 0.4) is 0 Å². The fourth-order valence-electron chi connectivity index (χ4n) is 3.65. The van der Waals surface area contributed by atoms with Crippen molar-refractivity contribution in [3.63, 3.8) is 0 Å². The van der Waals surface area contributed by atoms with E-state index in [-0.39, 0.29) is 11.4 Å². The minimum Gasteiger partial charge on any atom is -0.287 e. The van der Waals surface area contributed by atoms with E-state index in [9.17, 15) is 13.2 Å². The van der Waals surface area contributed by atoms with Crippen LogP contribution in [0.15, 0.2) is 71.6 Å². The van der Waals surface area contributed by atoms with Gasteiger partial charge in [0.2, 0.25) is 0 Å². The highest BCUT2D eigenvalue weighted by atomic mass is 32.2. The van der Waals surface area contributed by atoms with Gasteiger partial charge >= 0.3 is 6.03 Å². The van der Waals surface area contributed by atoms with E-state index in [4.69, 9.17) is 5.26 Å². The summed E-state index contributed by atoms with van der Waals surface area (Å²) in [7, 11) is -4.06. The highest BCUT2D eigenvalue weighted by Gasteiger charge is 2.42. The summed E-state index contributed by atoms with van der Waals surface area (Å²) in [6.07, 6.45) is 0. The van der Waals surface area contributed by atoms with Crippen LogP contribution in [-0.4, -0.2) is 14.4 Å². The molecular formula is C23H19N3O3S. The third-order valence-electron chi connectivity index (χ3n) is 4.94. The van der Waals surface area contributed by atoms with Crippen LogP contribution in [-0.2, 0) is 16.6 Å². The first-order chi connectivity index (χ1) is 14.3. The van der Waals surface area contributed by atoms with Crippen LogP contribution in [0.5, 0.6) is 0 Å². The van der Waals surface area contributed by atoms with Gasteiger partial charge in [0.1, 0.15) is 4.90 Å². The van der Waals surface area contributed by atoms with Crippen LogP contribution in [0.1, 0.15) is 22.3 Å². The van der Waals surface area contributed by atoms with Crippen molar-refractivity contribution in [2.75, 3.05) is 9.21 Å². The van der Waals surface area contributed by atoms with Crippen molar-refractivity contribution in [2.45, 2.75) is 25.3 Å². The lowest BCUT2D eigenvalue weighted by Gasteiger charge is -2.36. The van der Waals surface area contributed by atoms with Crippen LogP contribution in [0.2, 0.25) is 0 Å². The SMILES string of the molecule is Cc1cc(C)cc(N2C(=O)N(Cc3ccc(C#N)cc3)c3ccccc3S2(=O)=O)c1. The van der Waals surface area contributed by atoms with E-state index in [1.165, 1.54) is 11.0 Å². The minimum absolute atomic E-state index is 0.0809. The largest absolute Gasteiger partial charge is 0.343 e. The topological polar surface area (TPSA) is 81.5 Å². The van der Waals surface area contributed by atoms with Crippen LogP contribution in [0.4, 0.5) is 16.2 Å². The second-order valence-corrected chi connectivity index (χ2v) is 9.02. The number of fused-ring (bicyclic) bond motifs is 1. The standard InChI is InChI=1S/C23H19N3O3S/c1-16-11-17(2)13-20(12-16)26-23(27)25(15-19-9-7-18(14-24)8-10-19)21-5-3-4-6-22(21)30(26,28)29/h3-13H,15H2,1-2H3. The van der Waals surface area contributed by atoms with Gasteiger partial charge in [0.25, 0.3) is 10.0 Å². The molecule has 0 spiro atoms. The molecule has 0 unspecified atom stereocenters. The van der Waals surface area contributed by atoms with E-state index >= 15 is 0 Å². The first-order valence-corrected chi connectivity index (χ1v) is 10.8. The Balaban J connectivity index is 1.86. The Labute approximate surface area is 175 Å². The summed E-state index contributed by atoms with van der Waals surface area (Å²) in [4.78, 5) is 15.0. The molecule has 0 fully saturated rings. The maximum atomic E-state index is 13.5. The average molecular weight is 417 g/mol. The molecule has 4 rings (SSSR count). The number of hydrogen-bond donors (Lipinski definition) is 0. The Morgan fingerprint density at radius 2 is 1.57 bits per heavy atom. The predicted molar refractivity (Wildman–Crippen MR) is 115 cm³/mol. The molecule has 0 saturated heterocycles. The molecule has 150 valence electrons. The summed E-state index contributed by atoms with van der Waals surface area (Å²) < 4.78 is 27.6. The van der Waals surface area contributed by atoms with Gasteiger partial charge < -0.3 is 0 Å². The number of rotatable bonds is 3.